The number of hydrogen-bond donors (Lipinski definition) is 1. The van der Waals surface area contributed by atoms with E-state index >= 15 is 0 Å². The molecule has 1 aromatic heterocycles. The number of nitrogens with zero attached hydrogens (tertiary/aromatic N) is 1. The maximum absolute atomic E-state index is 12.3. The van der Waals surface area contributed by atoms with Crippen molar-refractivity contribution in [1.29, 1.82) is 0 Å². The van der Waals surface area contributed by atoms with E-state index in [0.717, 1.165) is 36.9 Å². The van der Waals surface area contributed by atoms with E-state index < -0.39 is 0 Å². The maximum atomic E-state index is 12.3. The predicted molar refractivity (Wildman–Crippen MR) is 79.0 cm³/mol. The molecule has 1 heterocycles. The standard InChI is InChI=1S/C17H25NO2/c1-17(2)10-14-12(16(20)11-17)8-9-18(14)13-6-4-3-5-7-15(13)19/h8-9,13,15,19H,3-7,10-11H2,1-2H3. The van der Waals surface area contributed by atoms with E-state index in [1.54, 1.807) is 0 Å². The molecule has 1 N–H and O–H groups in total. The molecule has 2 aliphatic carbocycles. The van der Waals surface area contributed by atoms with E-state index in [1.165, 1.54) is 12.8 Å². The zero-order valence-corrected chi connectivity index (χ0v) is 12.6. The number of hydrogen-bond acceptors (Lipinski definition) is 2. The Bertz CT molecular complexity index is 515. The Labute approximate surface area is 121 Å². The van der Waals surface area contributed by atoms with Crippen LogP contribution in [0.3, 0.4) is 0 Å². The van der Waals surface area contributed by atoms with Gasteiger partial charge in [0.25, 0.3) is 0 Å². The lowest BCUT2D eigenvalue weighted by atomic mass is 9.76. The minimum absolute atomic E-state index is 0.0376. The Morgan fingerprint density at radius 1 is 1.20 bits per heavy atom. The molecule has 0 amide bonds. The number of aliphatic hydroxyl groups is 1. The van der Waals surface area contributed by atoms with Gasteiger partial charge in [0.2, 0.25) is 0 Å². The van der Waals surface area contributed by atoms with E-state index in [9.17, 15) is 9.90 Å². The Hall–Kier alpha value is -1.09. The van der Waals surface area contributed by atoms with Crippen LogP contribution in [0.1, 0.15) is 74.5 Å². The van der Waals surface area contributed by atoms with Crippen molar-refractivity contribution >= 4 is 5.78 Å². The fraction of sp³-hybridized carbons (Fsp3) is 0.706. The Morgan fingerprint density at radius 2 is 1.95 bits per heavy atom. The summed E-state index contributed by atoms with van der Waals surface area (Å²) in [6.07, 6.45) is 8.74. The van der Waals surface area contributed by atoms with Gasteiger partial charge in [-0.3, -0.25) is 4.79 Å². The second-order valence-electron chi connectivity index (χ2n) is 7.30. The van der Waals surface area contributed by atoms with Gasteiger partial charge in [0, 0.05) is 23.9 Å². The lowest BCUT2D eigenvalue weighted by molar-refractivity contribution is 0.0887. The molecule has 2 aliphatic rings. The van der Waals surface area contributed by atoms with Crippen molar-refractivity contribution in [3.8, 4) is 0 Å². The molecule has 1 aromatic rings. The number of ketones is 1. The zero-order valence-electron chi connectivity index (χ0n) is 12.6. The fourth-order valence-corrected chi connectivity index (χ4v) is 3.87. The number of rotatable bonds is 1. The van der Waals surface area contributed by atoms with E-state index in [2.05, 4.69) is 18.4 Å². The van der Waals surface area contributed by atoms with Gasteiger partial charge in [-0.1, -0.05) is 33.1 Å². The predicted octanol–water partition coefficient (Wildman–Crippen LogP) is 3.51. The van der Waals surface area contributed by atoms with Gasteiger partial charge in [-0.05, 0) is 30.7 Å². The first-order valence-electron chi connectivity index (χ1n) is 7.89. The molecule has 0 bridgehead atoms. The van der Waals surface area contributed by atoms with Gasteiger partial charge in [-0.25, -0.2) is 0 Å². The summed E-state index contributed by atoms with van der Waals surface area (Å²) in [7, 11) is 0. The zero-order chi connectivity index (χ0) is 14.3. The van der Waals surface area contributed by atoms with E-state index in [4.69, 9.17) is 0 Å². The molecule has 110 valence electrons. The number of carbonyl (C=O) groups excluding carboxylic acids is 1. The Morgan fingerprint density at radius 3 is 2.75 bits per heavy atom. The monoisotopic (exact) mass is 275 g/mol. The molecule has 3 nitrogen and oxygen atoms in total. The summed E-state index contributed by atoms with van der Waals surface area (Å²) >= 11 is 0. The number of carbonyl (C=O) groups is 1. The largest absolute Gasteiger partial charge is 0.391 e. The van der Waals surface area contributed by atoms with Crippen LogP contribution in [-0.2, 0) is 6.42 Å². The number of aromatic nitrogens is 1. The third-order valence-corrected chi connectivity index (χ3v) is 4.91. The molecule has 1 saturated carbocycles. The molecule has 0 spiro atoms. The van der Waals surface area contributed by atoms with Crippen LogP contribution in [-0.4, -0.2) is 21.6 Å². The molecule has 0 radical (unpaired) electrons. The van der Waals surface area contributed by atoms with Crippen LogP contribution < -0.4 is 0 Å². The second-order valence-corrected chi connectivity index (χ2v) is 7.30. The Balaban J connectivity index is 1.97. The van der Waals surface area contributed by atoms with Crippen molar-refractivity contribution in [2.75, 3.05) is 0 Å². The van der Waals surface area contributed by atoms with Crippen LogP contribution in [0.4, 0.5) is 0 Å². The van der Waals surface area contributed by atoms with Crippen LogP contribution in [0.15, 0.2) is 12.3 Å². The average molecular weight is 275 g/mol. The maximum Gasteiger partial charge on any atom is 0.165 e. The molecule has 20 heavy (non-hydrogen) atoms. The number of aliphatic hydroxyl groups excluding tert-OH is 1. The molecule has 0 aromatic carbocycles. The third kappa shape index (κ3) is 2.44. The van der Waals surface area contributed by atoms with Gasteiger partial charge in [0.1, 0.15) is 0 Å². The van der Waals surface area contributed by atoms with Crippen LogP contribution in [0, 0.1) is 5.41 Å². The molecule has 2 unspecified atom stereocenters. The van der Waals surface area contributed by atoms with Crippen molar-refractivity contribution in [3.63, 3.8) is 0 Å². The van der Waals surface area contributed by atoms with E-state index in [1.807, 2.05) is 12.3 Å². The summed E-state index contributed by atoms with van der Waals surface area (Å²) in [4.78, 5) is 12.3. The van der Waals surface area contributed by atoms with Crippen LogP contribution in [0.2, 0.25) is 0 Å². The molecule has 1 fully saturated rings. The van der Waals surface area contributed by atoms with Crippen LogP contribution in [0.25, 0.3) is 0 Å². The average Bonchev–Trinajstić information content (AvgIpc) is 2.64. The molecular weight excluding hydrogens is 250 g/mol. The van der Waals surface area contributed by atoms with Gasteiger partial charge < -0.3 is 9.67 Å². The van der Waals surface area contributed by atoms with Crippen molar-refractivity contribution in [2.45, 2.75) is 70.9 Å². The molecule has 0 saturated heterocycles. The lowest BCUT2D eigenvalue weighted by Gasteiger charge is -2.32. The molecule has 3 heteroatoms. The first-order chi connectivity index (χ1) is 9.48. The summed E-state index contributed by atoms with van der Waals surface area (Å²) in [5.41, 5.74) is 2.08. The number of fused-ring (bicyclic) bond motifs is 1. The topological polar surface area (TPSA) is 42.2 Å². The van der Waals surface area contributed by atoms with Crippen molar-refractivity contribution < 1.29 is 9.90 Å². The second kappa shape index (κ2) is 5.03. The third-order valence-electron chi connectivity index (χ3n) is 4.91. The highest BCUT2D eigenvalue weighted by molar-refractivity contribution is 5.98. The highest BCUT2D eigenvalue weighted by atomic mass is 16.3. The molecular formula is C17H25NO2. The van der Waals surface area contributed by atoms with Crippen molar-refractivity contribution in [1.82, 2.24) is 4.57 Å². The summed E-state index contributed by atoms with van der Waals surface area (Å²) in [6, 6.07) is 2.12. The summed E-state index contributed by atoms with van der Waals surface area (Å²) in [5.74, 6) is 0.262. The van der Waals surface area contributed by atoms with Gasteiger partial charge in [0.05, 0.1) is 12.1 Å². The smallest absolute Gasteiger partial charge is 0.165 e. The first kappa shape index (κ1) is 13.9. The Kier molecular flexibility index (Phi) is 3.49. The minimum Gasteiger partial charge on any atom is -0.391 e. The van der Waals surface area contributed by atoms with Crippen molar-refractivity contribution in [3.05, 3.63) is 23.5 Å². The first-order valence-corrected chi connectivity index (χ1v) is 7.89. The summed E-state index contributed by atoms with van der Waals surface area (Å²) in [5, 5.41) is 10.4. The molecule has 0 aliphatic heterocycles. The van der Waals surface area contributed by atoms with Crippen molar-refractivity contribution in [2.24, 2.45) is 5.41 Å². The minimum atomic E-state index is -0.269. The van der Waals surface area contributed by atoms with Gasteiger partial charge >= 0.3 is 0 Å². The van der Waals surface area contributed by atoms with E-state index in [0.29, 0.717) is 6.42 Å². The highest BCUT2D eigenvalue weighted by Gasteiger charge is 2.35. The summed E-state index contributed by atoms with van der Waals surface area (Å²) in [6.45, 7) is 4.32. The number of Topliss-reactive ketones (excluding diaryl/α,β-unsaturated/α-hetero) is 1. The van der Waals surface area contributed by atoms with E-state index in [-0.39, 0.29) is 23.3 Å². The highest BCUT2D eigenvalue weighted by Crippen LogP contribution is 2.38. The normalized spacial score (nSPS) is 29.9. The quantitative estimate of drug-likeness (QED) is 0.797. The SMILES string of the molecule is CC1(C)CC(=O)c2ccn(C3CCCCCC3O)c2C1. The summed E-state index contributed by atoms with van der Waals surface area (Å²) < 4.78 is 2.21. The molecule has 2 atom stereocenters. The molecule has 3 rings (SSSR count). The van der Waals surface area contributed by atoms with Gasteiger partial charge in [0.15, 0.2) is 5.78 Å². The van der Waals surface area contributed by atoms with Gasteiger partial charge in [-0.2, -0.15) is 0 Å². The van der Waals surface area contributed by atoms with Gasteiger partial charge in [-0.15, -0.1) is 0 Å². The fourth-order valence-electron chi connectivity index (χ4n) is 3.87. The van der Waals surface area contributed by atoms with Crippen LogP contribution >= 0.6 is 0 Å². The van der Waals surface area contributed by atoms with Crippen LogP contribution in [0.5, 0.6) is 0 Å². The lowest BCUT2D eigenvalue weighted by Crippen LogP contribution is -2.31.